The predicted molar refractivity (Wildman–Crippen MR) is 76.9 cm³/mol. The first kappa shape index (κ1) is 14.2. The molecule has 1 unspecified atom stereocenters. The Hall–Kier alpha value is -1.73. The molecule has 0 saturated heterocycles. The molecule has 0 spiro atoms. The van der Waals surface area contributed by atoms with E-state index in [0.717, 1.165) is 10.4 Å². The molecule has 0 bridgehead atoms. The van der Waals surface area contributed by atoms with E-state index in [1.807, 2.05) is 30.3 Å². The maximum Gasteiger partial charge on any atom is 0.340 e. The molecule has 21 heavy (non-hydrogen) atoms. The van der Waals surface area contributed by atoms with Crippen LogP contribution in [0.3, 0.4) is 0 Å². The van der Waals surface area contributed by atoms with Gasteiger partial charge >= 0.3 is 5.97 Å². The molecule has 1 heterocycles. The van der Waals surface area contributed by atoms with Gasteiger partial charge in [-0.1, -0.05) is 30.3 Å². The third kappa shape index (κ3) is 2.16. The Morgan fingerprint density at radius 1 is 1.24 bits per heavy atom. The molecule has 0 radical (unpaired) electrons. The van der Waals surface area contributed by atoms with E-state index in [1.54, 1.807) is 6.07 Å². The summed E-state index contributed by atoms with van der Waals surface area (Å²) >= 11 is 1.19. The molecule has 2 aromatic rings. The summed E-state index contributed by atoms with van der Waals surface area (Å²) in [5.41, 5.74) is -1.14. The van der Waals surface area contributed by atoms with Gasteiger partial charge in [-0.2, -0.15) is 0 Å². The van der Waals surface area contributed by atoms with Crippen LogP contribution in [0.15, 0.2) is 36.4 Å². The Bertz CT molecular complexity index is 681. The van der Waals surface area contributed by atoms with Crippen LogP contribution in [-0.2, 0) is 10.4 Å². The lowest BCUT2D eigenvalue weighted by atomic mass is 9.80. The van der Waals surface area contributed by atoms with Crippen LogP contribution in [0.1, 0.15) is 23.0 Å². The molecule has 0 amide bonds. The van der Waals surface area contributed by atoms with Gasteiger partial charge in [-0.25, -0.2) is 4.79 Å². The molecule has 0 aliphatic heterocycles. The number of rotatable bonds is 2. The molecule has 0 fully saturated rings. The van der Waals surface area contributed by atoms with E-state index < -0.39 is 30.2 Å². The van der Waals surface area contributed by atoms with Crippen molar-refractivity contribution in [1.29, 1.82) is 0 Å². The molecule has 1 aromatic carbocycles. The molecule has 0 saturated carbocycles. The molecular weight excluding hydrogens is 292 g/mol. The number of carboxylic acids is 1. The van der Waals surface area contributed by atoms with Crippen molar-refractivity contribution in [3.63, 3.8) is 0 Å². The average molecular weight is 306 g/mol. The molecule has 1 aliphatic carbocycles. The van der Waals surface area contributed by atoms with Gasteiger partial charge < -0.3 is 20.4 Å². The van der Waals surface area contributed by atoms with Crippen LogP contribution in [-0.4, -0.2) is 32.5 Å². The van der Waals surface area contributed by atoms with Crippen LogP contribution >= 0.6 is 11.3 Å². The van der Waals surface area contributed by atoms with Crippen LogP contribution in [0.25, 0.3) is 10.4 Å². The average Bonchev–Trinajstić information content (AvgIpc) is 2.92. The van der Waals surface area contributed by atoms with E-state index in [0.29, 0.717) is 4.88 Å². The Kier molecular flexibility index (Phi) is 3.33. The largest absolute Gasteiger partial charge is 0.479 e. The topological polar surface area (TPSA) is 98.0 Å². The van der Waals surface area contributed by atoms with Gasteiger partial charge in [0, 0.05) is 21.7 Å². The van der Waals surface area contributed by atoms with Crippen molar-refractivity contribution in [2.45, 2.75) is 24.2 Å². The van der Waals surface area contributed by atoms with Crippen molar-refractivity contribution in [2.75, 3.05) is 0 Å². The minimum absolute atomic E-state index is 0.164. The summed E-state index contributed by atoms with van der Waals surface area (Å²) in [6, 6.07) is 10.9. The molecule has 3 rings (SSSR count). The summed E-state index contributed by atoms with van der Waals surface area (Å²) in [4.78, 5) is 12.4. The van der Waals surface area contributed by atoms with Gasteiger partial charge in [-0.15, -0.1) is 11.3 Å². The van der Waals surface area contributed by atoms with Gasteiger partial charge in [-0.3, -0.25) is 0 Å². The van der Waals surface area contributed by atoms with E-state index in [2.05, 4.69) is 0 Å². The van der Waals surface area contributed by atoms with E-state index in [-0.39, 0.29) is 5.56 Å². The van der Waals surface area contributed by atoms with E-state index in [9.17, 15) is 25.2 Å². The first-order valence-corrected chi connectivity index (χ1v) is 7.26. The highest BCUT2D eigenvalue weighted by Crippen LogP contribution is 2.47. The number of fused-ring (bicyclic) bond motifs is 1. The minimum atomic E-state index is -2.17. The van der Waals surface area contributed by atoms with Gasteiger partial charge in [0.15, 0.2) is 5.60 Å². The van der Waals surface area contributed by atoms with E-state index in [1.165, 1.54) is 11.3 Å². The Balaban J connectivity index is 2.17. The number of benzene rings is 1. The monoisotopic (exact) mass is 306 g/mol. The third-order valence-corrected chi connectivity index (χ3v) is 5.01. The Labute approximate surface area is 124 Å². The molecule has 110 valence electrons. The van der Waals surface area contributed by atoms with Crippen molar-refractivity contribution in [1.82, 2.24) is 0 Å². The summed E-state index contributed by atoms with van der Waals surface area (Å²) in [7, 11) is 0. The molecule has 6 heteroatoms. The van der Waals surface area contributed by atoms with Crippen molar-refractivity contribution in [3.05, 3.63) is 46.8 Å². The summed E-state index contributed by atoms with van der Waals surface area (Å²) in [5.74, 6) is -1.42. The first-order chi connectivity index (χ1) is 9.93. The fourth-order valence-electron chi connectivity index (χ4n) is 2.59. The van der Waals surface area contributed by atoms with Crippen LogP contribution in [0.2, 0.25) is 0 Å². The summed E-state index contributed by atoms with van der Waals surface area (Å²) < 4.78 is 0. The Morgan fingerprint density at radius 3 is 2.52 bits per heavy atom. The SMILES string of the molecule is O=C(O)C1(O)C[C@@H](O)[C@H](O)c2sc(-c3ccccc3)cc21. The smallest absolute Gasteiger partial charge is 0.340 e. The lowest BCUT2D eigenvalue weighted by Crippen LogP contribution is -2.44. The molecule has 4 N–H and O–H groups in total. The predicted octanol–water partition coefficient (Wildman–Crippen LogP) is 1.49. The van der Waals surface area contributed by atoms with Crippen molar-refractivity contribution >= 4 is 17.3 Å². The van der Waals surface area contributed by atoms with Crippen LogP contribution in [0.4, 0.5) is 0 Å². The number of hydrogen-bond donors (Lipinski definition) is 4. The maximum absolute atomic E-state index is 11.4. The minimum Gasteiger partial charge on any atom is -0.479 e. The highest BCUT2D eigenvalue weighted by molar-refractivity contribution is 7.15. The molecule has 1 aromatic heterocycles. The second kappa shape index (κ2) is 4.92. The van der Waals surface area contributed by atoms with Gasteiger partial charge in [0.25, 0.3) is 0 Å². The zero-order chi connectivity index (χ0) is 15.2. The first-order valence-electron chi connectivity index (χ1n) is 6.45. The Morgan fingerprint density at radius 2 is 1.90 bits per heavy atom. The second-order valence-electron chi connectivity index (χ2n) is 5.14. The van der Waals surface area contributed by atoms with Crippen LogP contribution in [0, 0.1) is 0 Å². The van der Waals surface area contributed by atoms with Gasteiger partial charge in [0.1, 0.15) is 6.10 Å². The number of aliphatic hydroxyl groups is 3. The number of aliphatic carboxylic acids is 1. The summed E-state index contributed by atoms with van der Waals surface area (Å²) in [5, 5.41) is 39.6. The second-order valence-corrected chi connectivity index (χ2v) is 6.22. The van der Waals surface area contributed by atoms with E-state index in [4.69, 9.17) is 0 Å². The lowest BCUT2D eigenvalue weighted by Gasteiger charge is -2.34. The third-order valence-electron chi connectivity index (χ3n) is 3.76. The zero-order valence-corrected chi connectivity index (χ0v) is 11.7. The molecule has 3 atom stereocenters. The van der Waals surface area contributed by atoms with Crippen LogP contribution < -0.4 is 0 Å². The molecular formula is C15H14O5S. The number of hydrogen-bond acceptors (Lipinski definition) is 5. The highest BCUT2D eigenvalue weighted by Gasteiger charge is 2.49. The zero-order valence-electron chi connectivity index (χ0n) is 10.9. The maximum atomic E-state index is 11.4. The molecule has 5 nitrogen and oxygen atoms in total. The normalized spacial score (nSPS) is 28.1. The van der Waals surface area contributed by atoms with E-state index >= 15 is 0 Å². The van der Waals surface area contributed by atoms with Gasteiger partial charge in [0.2, 0.25) is 0 Å². The fraction of sp³-hybridized carbons (Fsp3) is 0.267. The highest BCUT2D eigenvalue weighted by atomic mass is 32.1. The summed E-state index contributed by atoms with van der Waals surface area (Å²) in [6.45, 7) is 0. The number of thiophene rings is 1. The van der Waals surface area contributed by atoms with Crippen molar-refractivity contribution in [3.8, 4) is 10.4 Å². The van der Waals surface area contributed by atoms with Crippen LogP contribution in [0.5, 0.6) is 0 Å². The standard InChI is InChI=1S/C15H14O5S/c16-10-7-15(20,14(18)19)9-6-11(21-13(9)12(10)17)8-4-2-1-3-5-8/h1-6,10,12,16-17,20H,7H2,(H,18,19)/t10-,12+,15?/m1/s1. The lowest BCUT2D eigenvalue weighted by molar-refractivity contribution is -0.168. The van der Waals surface area contributed by atoms with Crippen molar-refractivity contribution < 1.29 is 25.2 Å². The quantitative estimate of drug-likeness (QED) is 0.674. The number of carboxylic acid groups (broad SMARTS) is 1. The molecule has 1 aliphatic rings. The number of aliphatic hydroxyl groups excluding tert-OH is 2. The van der Waals surface area contributed by atoms with Gasteiger partial charge in [-0.05, 0) is 11.6 Å². The van der Waals surface area contributed by atoms with Crippen molar-refractivity contribution in [2.24, 2.45) is 0 Å². The van der Waals surface area contributed by atoms with Gasteiger partial charge in [0.05, 0.1) is 6.10 Å². The summed E-state index contributed by atoms with van der Waals surface area (Å²) in [6.07, 6.45) is -2.91. The fourth-order valence-corrected chi connectivity index (χ4v) is 3.88. The number of carbonyl (C=O) groups is 1.